The number of nitrogens with zero attached hydrogens (tertiary/aromatic N) is 1. The largest absolute Gasteiger partial charge is 0.361 e. The average molecular weight is 299 g/mol. The zero-order chi connectivity index (χ0) is 15.7. The van der Waals surface area contributed by atoms with Gasteiger partial charge in [-0.1, -0.05) is 13.8 Å². The van der Waals surface area contributed by atoms with Gasteiger partial charge in [0.2, 0.25) is 0 Å². The highest BCUT2D eigenvalue weighted by molar-refractivity contribution is 5.98. The standard InChI is InChI=1S/C18H25N3O/c1-12(2)20-15-6-8-21(9-7-15)18(22)14-4-5-17-16(10-14)13(3)11-19-17/h4-5,10-12,15,19-20H,6-9H2,1-3H3. The fourth-order valence-electron chi connectivity index (χ4n) is 3.30. The van der Waals surface area contributed by atoms with Crippen molar-refractivity contribution in [3.8, 4) is 0 Å². The predicted molar refractivity (Wildman–Crippen MR) is 90.2 cm³/mol. The van der Waals surface area contributed by atoms with Gasteiger partial charge in [-0.3, -0.25) is 4.79 Å². The molecule has 1 amide bonds. The first kappa shape index (κ1) is 15.1. The van der Waals surface area contributed by atoms with Crippen molar-refractivity contribution in [2.75, 3.05) is 13.1 Å². The molecule has 3 rings (SSSR count). The number of rotatable bonds is 3. The molecule has 0 unspecified atom stereocenters. The van der Waals surface area contributed by atoms with Crippen LogP contribution in [0.2, 0.25) is 0 Å². The Morgan fingerprint density at radius 3 is 2.73 bits per heavy atom. The van der Waals surface area contributed by atoms with Gasteiger partial charge in [-0.25, -0.2) is 0 Å². The SMILES string of the molecule is Cc1c[nH]c2ccc(C(=O)N3CCC(NC(C)C)CC3)cc12. The molecule has 1 aromatic heterocycles. The number of hydrogen-bond acceptors (Lipinski definition) is 2. The molecule has 0 saturated carbocycles. The van der Waals surface area contributed by atoms with Gasteiger partial charge < -0.3 is 15.2 Å². The minimum absolute atomic E-state index is 0.158. The van der Waals surface area contributed by atoms with Gasteiger partial charge in [-0.15, -0.1) is 0 Å². The molecule has 1 saturated heterocycles. The minimum atomic E-state index is 0.158. The number of hydrogen-bond donors (Lipinski definition) is 2. The molecule has 0 atom stereocenters. The average Bonchev–Trinajstić information content (AvgIpc) is 2.88. The van der Waals surface area contributed by atoms with Crippen LogP contribution in [0.3, 0.4) is 0 Å². The highest BCUT2D eigenvalue weighted by atomic mass is 16.2. The van der Waals surface area contributed by atoms with Crippen LogP contribution < -0.4 is 5.32 Å². The molecule has 1 aromatic carbocycles. The van der Waals surface area contributed by atoms with Crippen molar-refractivity contribution in [3.05, 3.63) is 35.5 Å². The van der Waals surface area contributed by atoms with Gasteiger partial charge >= 0.3 is 0 Å². The number of carbonyl (C=O) groups is 1. The van der Waals surface area contributed by atoms with Crippen LogP contribution in [0.4, 0.5) is 0 Å². The maximum absolute atomic E-state index is 12.7. The molecule has 4 heteroatoms. The van der Waals surface area contributed by atoms with Gasteiger partial charge in [0.05, 0.1) is 0 Å². The first-order valence-electron chi connectivity index (χ1n) is 8.17. The summed E-state index contributed by atoms with van der Waals surface area (Å²) in [5, 5.41) is 4.71. The third-order valence-corrected chi connectivity index (χ3v) is 4.49. The Hall–Kier alpha value is -1.81. The van der Waals surface area contributed by atoms with Gasteiger partial charge in [-0.2, -0.15) is 0 Å². The quantitative estimate of drug-likeness (QED) is 0.915. The Morgan fingerprint density at radius 1 is 1.32 bits per heavy atom. The van der Waals surface area contributed by atoms with Crippen molar-refractivity contribution in [1.82, 2.24) is 15.2 Å². The van der Waals surface area contributed by atoms with Crippen molar-refractivity contribution < 1.29 is 4.79 Å². The molecule has 1 aliphatic rings. The molecule has 0 aliphatic carbocycles. The number of nitrogens with one attached hydrogen (secondary N) is 2. The van der Waals surface area contributed by atoms with E-state index in [1.807, 2.05) is 29.3 Å². The van der Waals surface area contributed by atoms with E-state index < -0.39 is 0 Å². The molecule has 0 spiro atoms. The summed E-state index contributed by atoms with van der Waals surface area (Å²) >= 11 is 0. The number of piperidine rings is 1. The molecular formula is C18H25N3O. The summed E-state index contributed by atoms with van der Waals surface area (Å²) in [5.41, 5.74) is 3.07. The first-order chi connectivity index (χ1) is 10.5. The van der Waals surface area contributed by atoms with E-state index in [-0.39, 0.29) is 5.91 Å². The highest BCUT2D eigenvalue weighted by Gasteiger charge is 2.24. The number of amides is 1. The number of aromatic nitrogens is 1. The summed E-state index contributed by atoms with van der Waals surface area (Å²) in [5.74, 6) is 0.158. The van der Waals surface area contributed by atoms with Crippen molar-refractivity contribution in [1.29, 1.82) is 0 Å². The molecule has 1 aliphatic heterocycles. The van der Waals surface area contributed by atoms with Crippen LogP contribution in [0.25, 0.3) is 10.9 Å². The number of likely N-dealkylation sites (tertiary alicyclic amines) is 1. The summed E-state index contributed by atoms with van der Waals surface area (Å²) in [7, 11) is 0. The number of carbonyl (C=O) groups excluding carboxylic acids is 1. The summed E-state index contributed by atoms with van der Waals surface area (Å²) in [6.45, 7) is 8.09. The number of aromatic amines is 1. The maximum Gasteiger partial charge on any atom is 0.253 e. The molecule has 22 heavy (non-hydrogen) atoms. The lowest BCUT2D eigenvalue weighted by atomic mass is 10.0. The fourth-order valence-corrected chi connectivity index (χ4v) is 3.30. The maximum atomic E-state index is 12.7. The van der Waals surface area contributed by atoms with Crippen LogP contribution in [0.5, 0.6) is 0 Å². The molecule has 2 N–H and O–H groups in total. The lowest BCUT2D eigenvalue weighted by Gasteiger charge is -2.33. The molecule has 118 valence electrons. The van der Waals surface area contributed by atoms with Crippen molar-refractivity contribution in [3.63, 3.8) is 0 Å². The second-order valence-electron chi connectivity index (χ2n) is 6.62. The summed E-state index contributed by atoms with van der Waals surface area (Å²) in [4.78, 5) is 17.9. The van der Waals surface area contributed by atoms with Crippen molar-refractivity contribution in [2.24, 2.45) is 0 Å². The zero-order valence-corrected chi connectivity index (χ0v) is 13.6. The van der Waals surface area contributed by atoms with E-state index in [1.165, 1.54) is 5.56 Å². The normalized spacial score (nSPS) is 16.6. The highest BCUT2D eigenvalue weighted by Crippen LogP contribution is 2.21. The smallest absolute Gasteiger partial charge is 0.253 e. The molecule has 2 aromatic rings. The van der Waals surface area contributed by atoms with E-state index in [2.05, 4.69) is 31.1 Å². The second-order valence-corrected chi connectivity index (χ2v) is 6.62. The Balaban J connectivity index is 1.69. The lowest BCUT2D eigenvalue weighted by Crippen LogP contribution is -2.46. The molecule has 0 radical (unpaired) electrons. The third-order valence-electron chi connectivity index (χ3n) is 4.49. The molecule has 4 nitrogen and oxygen atoms in total. The van der Waals surface area contributed by atoms with E-state index in [1.54, 1.807) is 0 Å². The Morgan fingerprint density at radius 2 is 2.05 bits per heavy atom. The van der Waals surface area contributed by atoms with Crippen LogP contribution in [0.15, 0.2) is 24.4 Å². The van der Waals surface area contributed by atoms with Gasteiger partial charge in [0.15, 0.2) is 0 Å². The Labute approximate surface area is 131 Å². The van der Waals surface area contributed by atoms with Crippen LogP contribution in [0, 0.1) is 6.92 Å². The molecular weight excluding hydrogens is 274 g/mol. The summed E-state index contributed by atoms with van der Waals surface area (Å²) in [6.07, 6.45) is 4.06. The molecule has 0 bridgehead atoms. The third kappa shape index (κ3) is 3.02. The van der Waals surface area contributed by atoms with Crippen LogP contribution in [-0.2, 0) is 0 Å². The molecule has 1 fully saturated rings. The van der Waals surface area contributed by atoms with Crippen molar-refractivity contribution >= 4 is 16.8 Å². The van der Waals surface area contributed by atoms with Gasteiger partial charge in [-0.05, 0) is 43.5 Å². The Kier molecular flexibility index (Phi) is 4.21. The predicted octanol–water partition coefficient (Wildman–Crippen LogP) is 3.08. The summed E-state index contributed by atoms with van der Waals surface area (Å²) < 4.78 is 0. The van der Waals surface area contributed by atoms with E-state index in [9.17, 15) is 4.79 Å². The fraction of sp³-hybridized carbons (Fsp3) is 0.500. The summed E-state index contributed by atoms with van der Waals surface area (Å²) in [6, 6.07) is 6.99. The van der Waals surface area contributed by atoms with Crippen LogP contribution in [0.1, 0.15) is 42.6 Å². The topological polar surface area (TPSA) is 48.1 Å². The minimum Gasteiger partial charge on any atom is -0.361 e. The Bertz CT molecular complexity index is 666. The van der Waals surface area contributed by atoms with E-state index in [0.717, 1.165) is 42.4 Å². The second kappa shape index (κ2) is 6.13. The number of H-pyrrole nitrogens is 1. The van der Waals surface area contributed by atoms with Crippen LogP contribution >= 0.6 is 0 Å². The van der Waals surface area contributed by atoms with Gasteiger partial charge in [0.25, 0.3) is 5.91 Å². The number of aryl methyl sites for hydroxylation is 1. The van der Waals surface area contributed by atoms with Gasteiger partial charge in [0, 0.05) is 47.8 Å². The molecule has 2 heterocycles. The number of benzene rings is 1. The zero-order valence-electron chi connectivity index (χ0n) is 13.6. The van der Waals surface area contributed by atoms with E-state index in [0.29, 0.717) is 12.1 Å². The lowest BCUT2D eigenvalue weighted by molar-refractivity contribution is 0.0703. The number of fused-ring (bicyclic) bond motifs is 1. The van der Waals surface area contributed by atoms with Crippen LogP contribution in [-0.4, -0.2) is 41.0 Å². The first-order valence-corrected chi connectivity index (χ1v) is 8.17. The van der Waals surface area contributed by atoms with E-state index in [4.69, 9.17) is 0 Å². The monoisotopic (exact) mass is 299 g/mol. The van der Waals surface area contributed by atoms with Crippen molar-refractivity contribution in [2.45, 2.75) is 45.7 Å². The van der Waals surface area contributed by atoms with Gasteiger partial charge in [0.1, 0.15) is 0 Å². The van der Waals surface area contributed by atoms with E-state index >= 15 is 0 Å².